The van der Waals surface area contributed by atoms with Crippen LogP contribution in [0.1, 0.15) is 33.3 Å². The Hall–Kier alpha value is -1.69. The molecule has 1 aromatic carbocycles. The van der Waals surface area contributed by atoms with Crippen molar-refractivity contribution in [3.8, 4) is 0 Å². The van der Waals surface area contributed by atoms with Gasteiger partial charge < -0.3 is 15.7 Å². The predicted octanol–water partition coefficient (Wildman–Crippen LogP) is 2.52. The van der Waals surface area contributed by atoms with Gasteiger partial charge >= 0.3 is 6.03 Å². The van der Waals surface area contributed by atoms with Gasteiger partial charge in [0.1, 0.15) is 17.2 Å². The molecule has 0 aromatic heterocycles. The Morgan fingerprint density at radius 3 is 2.48 bits per heavy atom. The first-order chi connectivity index (χ1) is 9.63. The van der Waals surface area contributed by atoms with E-state index in [1.165, 1.54) is 13.0 Å². The lowest BCUT2D eigenvalue weighted by atomic mass is 9.95. The number of hydrogen-bond acceptors (Lipinski definition) is 2. The van der Waals surface area contributed by atoms with Crippen molar-refractivity contribution in [1.82, 2.24) is 10.6 Å². The molecule has 6 heteroatoms. The molecule has 0 heterocycles. The highest BCUT2D eigenvalue weighted by Crippen LogP contribution is 2.23. The minimum atomic E-state index is -1.63. The molecule has 3 N–H and O–H groups in total. The molecular weight excluding hydrogens is 278 g/mol. The summed E-state index contributed by atoms with van der Waals surface area (Å²) in [6.07, 6.45) is 0. The average Bonchev–Trinajstić information content (AvgIpc) is 2.35. The van der Waals surface area contributed by atoms with Crippen LogP contribution in [-0.4, -0.2) is 23.7 Å². The maximum Gasteiger partial charge on any atom is 0.315 e. The number of hydrogen-bond donors (Lipinski definition) is 3. The van der Waals surface area contributed by atoms with Gasteiger partial charge in [-0.1, -0.05) is 19.9 Å². The molecule has 0 aliphatic carbocycles. The quantitative estimate of drug-likeness (QED) is 0.782. The third-order valence-electron chi connectivity index (χ3n) is 3.46. The number of amides is 2. The molecule has 2 atom stereocenters. The van der Waals surface area contributed by atoms with E-state index in [2.05, 4.69) is 10.6 Å². The molecule has 0 saturated carbocycles. The van der Waals surface area contributed by atoms with Gasteiger partial charge in [0.15, 0.2) is 0 Å². The normalized spacial score (nSPS) is 15.4. The van der Waals surface area contributed by atoms with Gasteiger partial charge in [-0.25, -0.2) is 13.6 Å². The third kappa shape index (κ3) is 4.97. The van der Waals surface area contributed by atoms with Crippen molar-refractivity contribution < 1.29 is 18.7 Å². The maximum absolute atomic E-state index is 13.7. The fourth-order valence-corrected chi connectivity index (χ4v) is 1.70. The number of nitrogens with one attached hydrogen (secondary N) is 2. The summed E-state index contributed by atoms with van der Waals surface area (Å²) in [7, 11) is 0. The van der Waals surface area contributed by atoms with Crippen LogP contribution in [0.5, 0.6) is 0 Å². The number of carbonyl (C=O) groups excluding carboxylic acids is 1. The first-order valence-corrected chi connectivity index (χ1v) is 6.85. The van der Waals surface area contributed by atoms with Crippen molar-refractivity contribution >= 4 is 6.03 Å². The highest BCUT2D eigenvalue weighted by Gasteiger charge is 2.27. The summed E-state index contributed by atoms with van der Waals surface area (Å²) in [5.41, 5.74) is -1.70. The number of urea groups is 1. The Kier molecular flexibility index (Phi) is 5.66. The average molecular weight is 300 g/mol. The van der Waals surface area contributed by atoms with Gasteiger partial charge in [0.05, 0.1) is 6.54 Å². The second-order valence-electron chi connectivity index (χ2n) is 5.76. The van der Waals surface area contributed by atoms with Gasteiger partial charge in [-0.05, 0) is 25.8 Å². The lowest BCUT2D eigenvalue weighted by Crippen LogP contribution is -2.47. The SMILES string of the molecule is CC(C)C(C)NC(=O)NCC(C)(O)c1ccc(F)cc1F. The highest BCUT2D eigenvalue weighted by molar-refractivity contribution is 5.74. The lowest BCUT2D eigenvalue weighted by Gasteiger charge is -2.26. The van der Waals surface area contributed by atoms with E-state index in [-0.39, 0.29) is 24.1 Å². The minimum Gasteiger partial charge on any atom is -0.383 e. The molecule has 4 nitrogen and oxygen atoms in total. The fraction of sp³-hybridized carbons (Fsp3) is 0.533. The highest BCUT2D eigenvalue weighted by atomic mass is 19.1. The molecule has 0 saturated heterocycles. The Morgan fingerprint density at radius 1 is 1.33 bits per heavy atom. The third-order valence-corrected chi connectivity index (χ3v) is 3.46. The molecule has 0 radical (unpaired) electrons. The van der Waals surface area contributed by atoms with Gasteiger partial charge in [0.25, 0.3) is 0 Å². The molecule has 0 aliphatic rings. The summed E-state index contributed by atoms with van der Waals surface area (Å²) in [6, 6.07) is 2.45. The van der Waals surface area contributed by atoms with E-state index < -0.39 is 23.3 Å². The van der Waals surface area contributed by atoms with Crippen LogP contribution in [0.3, 0.4) is 0 Å². The number of aliphatic hydroxyl groups is 1. The smallest absolute Gasteiger partial charge is 0.315 e. The van der Waals surface area contributed by atoms with Crippen LogP contribution < -0.4 is 10.6 Å². The number of carbonyl (C=O) groups is 1. The van der Waals surface area contributed by atoms with Crippen LogP contribution in [-0.2, 0) is 5.60 Å². The molecule has 1 rings (SSSR count). The molecule has 2 unspecified atom stereocenters. The molecule has 21 heavy (non-hydrogen) atoms. The van der Waals surface area contributed by atoms with Crippen molar-refractivity contribution in [1.29, 1.82) is 0 Å². The van der Waals surface area contributed by atoms with Crippen LogP contribution in [0.25, 0.3) is 0 Å². The van der Waals surface area contributed by atoms with E-state index in [0.29, 0.717) is 6.07 Å². The molecule has 0 aliphatic heterocycles. The van der Waals surface area contributed by atoms with E-state index in [1.54, 1.807) is 0 Å². The van der Waals surface area contributed by atoms with Gasteiger partial charge in [-0.3, -0.25) is 0 Å². The summed E-state index contributed by atoms with van der Waals surface area (Å²) in [5.74, 6) is -1.30. The summed E-state index contributed by atoms with van der Waals surface area (Å²) in [5, 5.41) is 15.4. The van der Waals surface area contributed by atoms with E-state index in [9.17, 15) is 18.7 Å². The van der Waals surface area contributed by atoms with Crippen molar-refractivity contribution in [2.24, 2.45) is 5.92 Å². The monoisotopic (exact) mass is 300 g/mol. The van der Waals surface area contributed by atoms with Crippen LogP contribution in [0, 0.1) is 17.6 Å². The zero-order valence-electron chi connectivity index (χ0n) is 12.7. The first-order valence-electron chi connectivity index (χ1n) is 6.85. The molecule has 118 valence electrons. The number of halogens is 2. The maximum atomic E-state index is 13.7. The molecule has 2 amide bonds. The summed E-state index contributed by atoms with van der Waals surface area (Å²) in [6.45, 7) is 6.97. The van der Waals surface area contributed by atoms with Crippen molar-refractivity contribution in [3.05, 3.63) is 35.4 Å². The van der Waals surface area contributed by atoms with Gasteiger partial charge in [-0.15, -0.1) is 0 Å². The molecular formula is C15H22F2N2O2. The van der Waals surface area contributed by atoms with E-state index in [1.807, 2.05) is 20.8 Å². The second kappa shape index (κ2) is 6.85. The molecule has 0 spiro atoms. The van der Waals surface area contributed by atoms with E-state index in [4.69, 9.17) is 0 Å². The summed E-state index contributed by atoms with van der Waals surface area (Å²) < 4.78 is 26.5. The second-order valence-corrected chi connectivity index (χ2v) is 5.76. The zero-order valence-corrected chi connectivity index (χ0v) is 12.7. The van der Waals surface area contributed by atoms with Crippen LogP contribution in [0.15, 0.2) is 18.2 Å². The summed E-state index contributed by atoms with van der Waals surface area (Å²) in [4.78, 5) is 11.7. The Morgan fingerprint density at radius 2 is 1.95 bits per heavy atom. The van der Waals surface area contributed by atoms with Crippen molar-refractivity contribution in [3.63, 3.8) is 0 Å². The summed E-state index contributed by atoms with van der Waals surface area (Å²) >= 11 is 0. The standard InChI is InChI=1S/C15H22F2N2O2/c1-9(2)10(3)19-14(20)18-8-15(4,21)12-6-5-11(16)7-13(12)17/h5-7,9-10,21H,8H2,1-4H3,(H2,18,19,20). The minimum absolute atomic E-state index is 0.0301. The van der Waals surface area contributed by atoms with Gasteiger partial charge in [0.2, 0.25) is 0 Å². The van der Waals surface area contributed by atoms with Gasteiger partial charge in [-0.2, -0.15) is 0 Å². The number of benzene rings is 1. The largest absolute Gasteiger partial charge is 0.383 e. The number of rotatable bonds is 5. The van der Waals surface area contributed by atoms with Crippen LogP contribution in [0.4, 0.5) is 13.6 Å². The van der Waals surface area contributed by atoms with Crippen LogP contribution >= 0.6 is 0 Å². The lowest BCUT2D eigenvalue weighted by molar-refractivity contribution is 0.0553. The first kappa shape index (κ1) is 17.4. The molecule has 0 bridgehead atoms. The Bertz CT molecular complexity index is 504. The van der Waals surface area contributed by atoms with Crippen LogP contribution in [0.2, 0.25) is 0 Å². The van der Waals surface area contributed by atoms with Gasteiger partial charge in [0, 0.05) is 17.7 Å². The Labute approximate surface area is 123 Å². The van der Waals surface area contributed by atoms with E-state index >= 15 is 0 Å². The Balaban J connectivity index is 2.66. The van der Waals surface area contributed by atoms with Crippen molar-refractivity contribution in [2.75, 3.05) is 6.54 Å². The predicted molar refractivity (Wildman–Crippen MR) is 76.8 cm³/mol. The van der Waals surface area contributed by atoms with Crippen molar-refractivity contribution in [2.45, 2.75) is 39.3 Å². The fourth-order valence-electron chi connectivity index (χ4n) is 1.70. The topological polar surface area (TPSA) is 61.4 Å². The zero-order chi connectivity index (χ0) is 16.2. The molecule has 0 fully saturated rings. The molecule has 1 aromatic rings. The van der Waals surface area contributed by atoms with E-state index in [0.717, 1.165) is 6.07 Å².